The van der Waals surface area contributed by atoms with Gasteiger partial charge in [0.2, 0.25) is 5.91 Å². The summed E-state index contributed by atoms with van der Waals surface area (Å²) < 4.78 is 27.7. The first-order valence-electron chi connectivity index (χ1n) is 13.3. The van der Waals surface area contributed by atoms with Crippen LogP contribution in [-0.4, -0.2) is 80.3 Å². The third kappa shape index (κ3) is 5.45. The fourth-order valence-electron chi connectivity index (χ4n) is 5.42. The molecular formula is C30H33N3O8. The van der Waals surface area contributed by atoms with E-state index in [-0.39, 0.29) is 30.9 Å². The molecule has 1 spiro atoms. The number of hydrogen-bond acceptors (Lipinski definition) is 8. The number of piperidine rings is 1. The molecule has 1 unspecified atom stereocenters. The summed E-state index contributed by atoms with van der Waals surface area (Å²) in [6.07, 6.45) is 2.17. The van der Waals surface area contributed by atoms with Gasteiger partial charge < -0.3 is 33.6 Å². The number of carbonyl (C=O) groups is 3. The Kier molecular flexibility index (Phi) is 8.16. The van der Waals surface area contributed by atoms with Crippen LogP contribution in [0.3, 0.4) is 0 Å². The van der Waals surface area contributed by atoms with E-state index in [1.54, 1.807) is 66.6 Å². The maximum absolute atomic E-state index is 14.0. The molecule has 216 valence electrons. The van der Waals surface area contributed by atoms with E-state index < -0.39 is 11.8 Å². The molecule has 2 aromatic carbocycles. The molecule has 2 aliphatic rings. The van der Waals surface area contributed by atoms with Crippen LogP contribution in [0.1, 0.15) is 39.3 Å². The van der Waals surface area contributed by atoms with Crippen LogP contribution >= 0.6 is 0 Å². The van der Waals surface area contributed by atoms with Gasteiger partial charge in [-0.2, -0.15) is 0 Å². The molecule has 41 heavy (non-hydrogen) atoms. The van der Waals surface area contributed by atoms with Crippen LogP contribution in [0.2, 0.25) is 0 Å². The highest BCUT2D eigenvalue weighted by Crippen LogP contribution is 2.40. The van der Waals surface area contributed by atoms with E-state index in [0.717, 1.165) is 0 Å². The largest absolute Gasteiger partial charge is 0.497 e. The number of likely N-dealkylation sites (tertiary alicyclic amines) is 1. The van der Waals surface area contributed by atoms with Crippen LogP contribution in [0, 0.1) is 0 Å². The van der Waals surface area contributed by atoms with Crippen molar-refractivity contribution in [1.29, 1.82) is 0 Å². The second-order valence-corrected chi connectivity index (χ2v) is 9.80. The van der Waals surface area contributed by atoms with Gasteiger partial charge in [0.05, 0.1) is 40.7 Å². The SMILES string of the molecule is COc1ccc(C(=O)N2C(C(=O)NCc3ccco3)COC23CCN(C(=O)c2c(OC)cccc2OC)CC3)cc1. The van der Waals surface area contributed by atoms with Crippen LogP contribution < -0.4 is 19.5 Å². The van der Waals surface area contributed by atoms with Crippen molar-refractivity contribution < 1.29 is 37.7 Å². The van der Waals surface area contributed by atoms with Gasteiger partial charge in [0.25, 0.3) is 11.8 Å². The Balaban J connectivity index is 1.38. The normalized spacial score (nSPS) is 17.8. The van der Waals surface area contributed by atoms with Gasteiger partial charge >= 0.3 is 0 Å². The number of ether oxygens (including phenoxy) is 4. The third-order valence-corrected chi connectivity index (χ3v) is 7.61. The van der Waals surface area contributed by atoms with Crippen molar-refractivity contribution in [3.05, 3.63) is 77.7 Å². The lowest BCUT2D eigenvalue weighted by Gasteiger charge is -2.44. The van der Waals surface area contributed by atoms with Crippen molar-refractivity contribution in [2.24, 2.45) is 0 Å². The lowest BCUT2D eigenvalue weighted by molar-refractivity contribution is -0.128. The fraction of sp³-hybridized carbons (Fsp3) is 0.367. The highest BCUT2D eigenvalue weighted by molar-refractivity contribution is 6.00. The van der Waals surface area contributed by atoms with E-state index in [4.69, 9.17) is 23.4 Å². The first-order chi connectivity index (χ1) is 19.9. The fourth-order valence-corrected chi connectivity index (χ4v) is 5.42. The topological polar surface area (TPSA) is 120 Å². The van der Waals surface area contributed by atoms with Gasteiger partial charge in [0.15, 0.2) is 0 Å². The van der Waals surface area contributed by atoms with E-state index in [1.165, 1.54) is 25.4 Å². The van der Waals surface area contributed by atoms with Crippen LogP contribution in [0.25, 0.3) is 0 Å². The molecule has 0 bridgehead atoms. The van der Waals surface area contributed by atoms with E-state index in [9.17, 15) is 14.4 Å². The molecule has 0 saturated carbocycles. The van der Waals surface area contributed by atoms with Gasteiger partial charge in [-0.05, 0) is 48.5 Å². The Labute approximate surface area is 237 Å². The number of furan rings is 1. The standard InChI is InChI=1S/C30H33N3O8/c1-37-21-11-9-20(10-12-21)28(35)33-23(27(34)31-18-22-6-5-17-40-22)19-41-30(33)13-15-32(16-14-30)29(36)26-24(38-2)7-4-8-25(26)39-3/h4-12,17,23H,13-16,18-19H2,1-3H3,(H,31,34). The number of amides is 3. The number of carbonyl (C=O) groups excluding carboxylic acids is 3. The molecule has 1 aromatic heterocycles. The summed E-state index contributed by atoms with van der Waals surface area (Å²) in [4.78, 5) is 44.2. The number of methoxy groups -OCH3 is 3. The zero-order valence-electron chi connectivity index (χ0n) is 23.3. The minimum atomic E-state index is -1.06. The minimum absolute atomic E-state index is 0.0279. The second kappa shape index (κ2) is 11.9. The predicted octanol–water partition coefficient (Wildman–Crippen LogP) is 3.10. The molecule has 1 atom stereocenters. The van der Waals surface area contributed by atoms with E-state index in [1.807, 2.05) is 0 Å². The highest BCUT2D eigenvalue weighted by atomic mass is 16.5. The molecule has 3 aromatic rings. The quantitative estimate of drug-likeness (QED) is 0.444. The van der Waals surface area contributed by atoms with Crippen LogP contribution in [-0.2, 0) is 16.1 Å². The molecule has 3 heterocycles. The molecule has 5 rings (SSSR count). The predicted molar refractivity (Wildman–Crippen MR) is 147 cm³/mol. The average Bonchev–Trinajstić information content (AvgIpc) is 3.67. The van der Waals surface area contributed by atoms with Crippen molar-refractivity contribution in [3.63, 3.8) is 0 Å². The Morgan fingerprint density at radius 2 is 1.59 bits per heavy atom. The Hall–Kier alpha value is -4.51. The molecule has 2 fully saturated rings. The summed E-state index contributed by atoms with van der Waals surface area (Å²) in [7, 11) is 4.56. The zero-order valence-corrected chi connectivity index (χ0v) is 23.3. The van der Waals surface area contributed by atoms with Crippen molar-refractivity contribution in [3.8, 4) is 17.2 Å². The molecule has 11 heteroatoms. The first-order valence-corrected chi connectivity index (χ1v) is 13.3. The van der Waals surface area contributed by atoms with Crippen molar-refractivity contribution in [2.75, 3.05) is 41.0 Å². The van der Waals surface area contributed by atoms with E-state index in [0.29, 0.717) is 60.1 Å². The van der Waals surface area contributed by atoms with E-state index in [2.05, 4.69) is 5.32 Å². The number of hydrogen-bond donors (Lipinski definition) is 1. The summed E-state index contributed by atoms with van der Waals surface area (Å²) in [5.74, 6) is 1.10. The van der Waals surface area contributed by atoms with Crippen LogP contribution in [0.4, 0.5) is 0 Å². The zero-order chi connectivity index (χ0) is 29.0. The monoisotopic (exact) mass is 563 g/mol. The van der Waals surface area contributed by atoms with Gasteiger partial charge in [0, 0.05) is 31.5 Å². The van der Waals surface area contributed by atoms with Gasteiger partial charge in [0.1, 0.15) is 40.3 Å². The molecule has 11 nitrogen and oxygen atoms in total. The van der Waals surface area contributed by atoms with Gasteiger partial charge in [-0.15, -0.1) is 0 Å². The lowest BCUT2D eigenvalue weighted by atomic mass is 9.95. The Bertz CT molecular complexity index is 1360. The van der Waals surface area contributed by atoms with Crippen molar-refractivity contribution >= 4 is 17.7 Å². The lowest BCUT2D eigenvalue weighted by Crippen LogP contribution is -2.59. The second-order valence-electron chi connectivity index (χ2n) is 9.80. The highest BCUT2D eigenvalue weighted by Gasteiger charge is 2.54. The van der Waals surface area contributed by atoms with E-state index >= 15 is 0 Å². The summed E-state index contributed by atoms with van der Waals surface area (Å²) in [5.41, 5.74) is -0.329. The first kappa shape index (κ1) is 28.0. The van der Waals surface area contributed by atoms with Gasteiger partial charge in [-0.1, -0.05) is 6.07 Å². The van der Waals surface area contributed by atoms with Gasteiger partial charge in [-0.25, -0.2) is 0 Å². The van der Waals surface area contributed by atoms with Gasteiger partial charge in [-0.3, -0.25) is 19.3 Å². The Morgan fingerprint density at radius 1 is 0.902 bits per heavy atom. The molecule has 3 amide bonds. The number of benzene rings is 2. The minimum Gasteiger partial charge on any atom is -0.497 e. The summed E-state index contributed by atoms with van der Waals surface area (Å²) >= 11 is 0. The molecule has 2 aliphatic heterocycles. The maximum atomic E-state index is 14.0. The van der Waals surface area contributed by atoms with Crippen LogP contribution in [0.15, 0.2) is 65.3 Å². The molecule has 0 aliphatic carbocycles. The third-order valence-electron chi connectivity index (χ3n) is 7.61. The molecule has 1 N–H and O–H groups in total. The summed E-state index contributed by atoms with van der Waals surface area (Å²) in [5, 5.41) is 2.86. The Morgan fingerprint density at radius 3 is 2.17 bits per heavy atom. The maximum Gasteiger partial charge on any atom is 0.261 e. The summed E-state index contributed by atoms with van der Waals surface area (Å²) in [6, 6.07) is 14.5. The molecule has 0 radical (unpaired) electrons. The number of rotatable bonds is 8. The average molecular weight is 564 g/mol. The number of nitrogens with zero attached hydrogens (tertiary/aromatic N) is 2. The summed E-state index contributed by atoms with van der Waals surface area (Å²) in [6.45, 7) is 0.809. The van der Waals surface area contributed by atoms with Crippen LogP contribution in [0.5, 0.6) is 17.2 Å². The van der Waals surface area contributed by atoms with Crippen molar-refractivity contribution in [1.82, 2.24) is 15.1 Å². The molecule has 2 saturated heterocycles. The van der Waals surface area contributed by atoms with Crippen molar-refractivity contribution in [2.45, 2.75) is 31.2 Å². The number of nitrogens with one attached hydrogen (secondary N) is 1. The smallest absolute Gasteiger partial charge is 0.261 e. The molecular weight excluding hydrogens is 530 g/mol.